The van der Waals surface area contributed by atoms with Crippen LogP contribution in [0.15, 0.2) is 24.3 Å². The van der Waals surface area contributed by atoms with Gasteiger partial charge in [0, 0.05) is 11.6 Å². The summed E-state index contributed by atoms with van der Waals surface area (Å²) in [5.74, 6) is 0.837. The summed E-state index contributed by atoms with van der Waals surface area (Å²) in [5.41, 5.74) is 3.85. The van der Waals surface area contributed by atoms with Crippen molar-refractivity contribution >= 4 is 0 Å². The molecule has 3 rings (SSSR count). The lowest BCUT2D eigenvalue weighted by molar-refractivity contribution is 0.0855. The molecule has 1 heterocycles. The quantitative estimate of drug-likeness (QED) is 0.720. The number of nitrogens with zero attached hydrogens (tertiary/aromatic N) is 1. The van der Waals surface area contributed by atoms with Gasteiger partial charge in [-0.1, -0.05) is 38.1 Å². The Morgan fingerprint density at radius 3 is 2.20 bits per heavy atom. The molecule has 1 heteroatoms. The lowest BCUT2D eigenvalue weighted by Crippen LogP contribution is -2.43. The number of hydrogen-bond donors (Lipinski definition) is 0. The van der Waals surface area contributed by atoms with E-state index in [1.807, 2.05) is 0 Å². The zero-order valence-electron chi connectivity index (χ0n) is 13.7. The molecule has 2 aliphatic rings. The van der Waals surface area contributed by atoms with Gasteiger partial charge in [0.25, 0.3) is 0 Å². The van der Waals surface area contributed by atoms with E-state index in [1.165, 1.54) is 25.8 Å². The Morgan fingerprint density at radius 2 is 1.65 bits per heavy atom. The summed E-state index contributed by atoms with van der Waals surface area (Å²) in [4.78, 5) is 2.73. The molecule has 0 spiro atoms. The molecule has 1 aliphatic heterocycles. The summed E-state index contributed by atoms with van der Waals surface area (Å²) in [5, 5.41) is 0. The van der Waals surface area contributed by atoms with Gasteiger partial charge in [-0.25, -0.2) is 0 Å². The van der Waals surface area contributed by atoms with Crippen LogP contribution in [0.4, 0.5) is 0 Å². The van der Waals surface area contributed by atoms with E-state index in [1.54, 1.807) is 11.1 Å². The highest BCUT2D eigenvalue weighted by Crippen LogP contribution is 2.53. The van der Waals surface area contributed by atoms with Crippen LogP contribution in [-0.4, -0.2) is 17.0 Å². The monoisotopic (exact) mass is 271 g/mol. The Morgan fingerprint density at radius 1 is 1.05 bits per heavy atom. The Balaban J connectivity index is 2.05. The van der Waals surface area contributed by atoms with Gasteiger partial charge in [0.2, 0.25) is 0 Å². The Kier molecular flexibility index (Phi) is 3.25. The summed E-state index contributed by atoms with van der Waals surface area (Å²) >= 11 is 0. The van der Waals surface area contributed by atoms with Gasteiger partial charge in [-0.3, -0.25) is 4.90 Å². The van der Waals surface area contributed by atoms with Gasteiger partial charge >= 0.3 is 0 Å². The van der Waals surface area contributed by atoms with E-state index >= 15 is 0 Å². The zero-order valence-corrected chi connectivity index (χ0v) is 13.7. The standard InChI is InChI=1S/C19H29N/c1-18(2,3)20-13-12-19(4,5)17(20)16-9-7-6-8-15(16)14-10-11-14/h6-9,14,17H,10-13H2,1-5H3. The van der Waals surface area contributed by atoms with Crippen LogP contribution in [0.3, 0.4) is 0 Å². The predicted molar refractivity (Wildman–Crippen MR) is 86.0 cm³/mol. The minimum absolute atomic E-state index is 0.245. The molecule has 0 aromatic heterocycles. The van der Waals surface area contributed by atoms with Crippen molar-refractivity contribution in [2.45, 2.75) is 71.4 Å². The number of rotatable bonds is 2. The summed E-state index contributed by atoms with van der Waals surface area (Å²) < 4.78 is 0. The molecular formula is C19H29N. The number of benzene rings is 1. The largest absolute Gasteiger partial charge is 0.291 e. The van der Waals surface area contributed by atoms with Gasteiger partial charge in [0.1, 0.15) is 0 Å². The number of likely N-dealkylation sites (tertiary alicyclic amines) is 1. The first-order chi connectivity index (χ1) is 9.31. The Bertz CT molecular complexity index is 491. The minimum Gasteiger partial charge on any atom is -0.291 e. The SMILES string of the molecule is CC1(C)CCN(C(C)(C)C)C1c1ccccc1C1CC1. The van der Waals surface area contributed by atoms with Gasteiger partial charge in [0.05, 0.1) is 0 Å². The van der Waals surface area contributed by atoms with Crippen molar-refractivity contribution in [2.75, 3.05) is 6.54 Å². The molecule has 1 saturated heterocycles. The molecule has 2 fully saturated rings. The maximum Gasteiger partial charge on any atom is 0.0407 e. The van der Waals surface area contributed by atoms with E-state index in [2.05, 4.69) is 63.8 Å². The average molecular weight is 271 g/mol. The maximum absolute atomic E-state index is 2.73. The first-order valence-corrected chi connectivity index (χ1v) is 8.16. The number of hydrogen-bond acceptors (Lipinski definition) is 1. The first-order valence-electron chi connectivity index (χ1n) is 8.16. The highest BCUT2D eigenvalue weighted by atomic mass is 15.2. The van der Waals surface area contributed by atoms with Crippen LogP contribution < -0.4 is 0 Å². The second kappa shape index (κ2) is 4.59. The highest BCUT2D eigenvalue weighted by molar-refractivity contribution is 5.37. The van der Waals surface area contributed by atoms with Crippen molar-refractivity contribution < 1.29 is 0 Å². The molecule has 1 aliphatic carbocycles. The van der Waals surface area contributed by atoms with Crippen LogP contribution in [0.5, 0.6) is 0 Å². The fraction of sp³-hybridized carbons (Fsp3) is 0.684. The molecule has 1 unspecified atom stereocenters. The van der Waals surface area contributed by atoms with Crippen LogP contribution in [0.2, 0.25) is 0 Å². The van der Waals surface area contributed by atoms with E-state index in [9.17, 15) is 0 Å². The highest BCUT2D eigenvalue weighted by Gasteiger charge is 2.46. The molecular weight excluding hydrogens is 242 g/mol. The van der Waals surface area contributed by atoms with Gasteiger partial charge in [-0.15, -0.1) is 0 Å². The molecule has 0 N–H and O–H groups in total. The van der Waals surface area contributed by atoms with Crippen molar-refractivity contribution in [3.63, 3.8) is 0 Å². The van der Waals surface area contributed by atoms with Gasteiger partial charge < -0.3 is 0 Å². The summed E-state index contributed by atoms with van der Waals surface area (Å²) in [7, 11) is 0. The third kappa shape index (κ3) is 2.41. The smallest absolute Gasteiger partial charge is 0.0407 e. The second-order valence-corrected chi connectivity index (χ2v) is 8.41. The fourth-order valence-electron chi connectivity index (χ4n) is 3.93. The predicted octanol–water partition coefficient (Wildman–Crippen LogP) is 5.14. The van der Waals surface area contributed by atoms with E-state index in [0.717, 1.165) is 5.92 Å². The minimum atomic E-state index is 0.245. The van der Waals surface area contributed by atoms with Gasteiger partial charge in [-0.05, 0) is 69.0 Å². The molecule has 0 radical (unpaired) electrons. The lowest BCUT2D eigenvalue weighted by Gasteiger charge is -2.42. The van der Waals surface area contributed by atoms with E-state index in [0.29, 0.717) is 11.5 Å². The van der Waals surface area contributed by atoms with Crippen LogP contribution >= 0.6 is 0 Å². The van der Waals surface area contributed by atoms with Crippen LogP contribution in [0, 0.1) is 5.41 Å². The summed E-state index contributed by atoms with van der Waals surface area (Å²) in [6.45, 7) is 13.2. The second-order valence-electron chi connectivity index (χ2n) is 8.41. The topological polar surface area (TPSA) is 3.24 Å². The summed E-state index contributed by atoms with van der Waals surface area (Å²) in [6.07, 6.45) is 4.08. The molecule has 0 amide bonds. The van der Waals surface area contributed by atoms with Crippen molar-refractivity contribution in [3.05, 3.63) is 35.4 Å². The molecule has 1 atom stereocenters. The van der Waals surface area contributed by atoms with E-state index in [-0.39, 0.29) is 5.54 Å². The molecule has 20 heavy (non-hydrogen) atoms. The van der Waals surface area contributed by atoms with Gasteiger partial charge in [-0.2, -0.15) is 0 Å². The zero-order chi connectivity index (χ0) is 14.5. The molecule has 1 nitrogen and oxygen atoms in total. The van der Waals surface area contributed by atoms with Crippen molar-refractivity contribution in [2.24, 2.45) is 5.41 Å². The van der Waals surface area contributed by atoms with Crippen molar-refractivity contribution in [1.29, 1.82) is 0 Å². The molecule has 1 saturated carbocycles. The molecule has 1 aromatic carbocycles. The lowest BCUT2D eigenvalue weighted by atomic mass is 9.78. The molecule has 110 valence electrons. The first kappa shape index (κ1) is 14.1. The average Bonchev–Trinajstić information content (AvgIpc) is 3.12. The fourth-order valence-corrected chi connectivity index (χ4v) is 3.93. The van der Waals surface area contributed by atoms with Crippen LogP contribution in [0.1, 0.15) is 77.0 Å². The normalized spacial score (nSPS) is 26.9. The Labute approximate surface area is 124 Å². The van der Waals surface area contributed by atoms with Crippen LogP contribution in [-0.2, 0) is 0 Å². The van der Waals surface area contributed by atoms with Gasteiger partial charge in [0.15, 0.2) is 0 Å². The van der Waals surface area contributed by atoms with E-state index < -0.39 is 0 Å². The van der Waals surface area contributed by atoms with Crippen molar-refractivity contribution in [1.82, 2.24) is 4.90 Å². The van der Waals surface area contributed by atoms with E-state index in [4.69, 9.17) is 0 Å². The van der Waals surface area contributed by atoms with Crippen molar-refractivity contribution in [3.8, 4) is 0 Å². The third-order valence-electron chi connectivity index (χ3n) is 5.22. The van der Waals surface area contributed by atoms with Crippen LogP contribution in [0.25, 0.3) is 0 Å². The Hall–Kier alpha value is -0.820. The summed E-state index contributed by atoms with van der Waals surface area (Å²) in [6, 6.07) is 9.79. The molecule has 0 bridgehead atoms. The molecule has 1 aromatic rings. The third-order valence-corrected chi connectivity index (χ3v) is 5.22. The maximum atomic E-state index is 2.73.